The second-order valence-electron chi connectivity index (χ2n) is 2.66. The molecule has 1 heterocycles. The van der Waals surface area contributed by atoms with Gasteiger partial charge in [-0.2, -0.15) is 0 Å². The summed E-state index contributed by atoms with van der Waals surface area (Å²) in [6.45, 7) is 1.57. The summed E-state index contributed by atoms with van der Waals surface area (Å²) in [6.07, 6.45) is 0. The first-order valence-corrected chi connectivity index (χ1v) is 4.18. The number of carbonyl (C=O) groups excluding carboxylic acids is 1. The summed E-state index contributed by atoms with van der Waals surface area (Å²) in [6, 6.07) is 2.67. The number of hydrogen-bond acceptors (Lipinski definition) is 3. The van der Waals surface area contributed by atoms with E-state index in [0.717, 1.165) is 0 Å². The van der Waals surface area contributed by atoms with E-state index in [1.54, 1.807) is 6.92 Å². The highest BCUT2D eigenvalue weighted by Crippen LogP contribution is 2.12. The molecule has 0 saturated carbocycles. The van der Waals surface area contributed by atoms with Gasteiger partial charge in [-0.15, -0.1) is 0 Å². The van der Waals surface area contributed by atoms with Crippen molar-refractivity contribution in [2.24, 2.45) is 0 Å². The second-order valence-corrected chi connectivity index (χ2v) is 3.03. The molecule has 0 saturated heterocycles. The van der Waals surface area contributed by atoms with Crippen molar-refractivity contribution in [1.29, 1.82) is 0 Å². The molecule has 0 bridgehead atoms. The summed E-state index contributed by atoms with van der Waals surface area (Å²) in [4.78, 5) is 11.3. The van der Waals surface area contributed by atoms with Crippen LogP contribution in [0.2, 0.25) is 5.22 Å². The number of carbonyl (C=O) groups is 1. The molecule has 1 amide bonds. The van der Waals surface area contributed by atoms with Gasteiger partial charge < -0.3 is 14.8 Å². The van der Waals surface area contributed by atoms with Crippen LogP contribution in [0.4, 0.5) is 0 Å². The minimum atomic E-state index is -0.381. The summed E-state index contributed by atoms with van der Waals surface area (Å²) >= 11 is 5.48. The van der Waals surface area contributed by atoms with Crippen LogP contribution in [-0.2, 0) is 0 Å². The fourth-order valence-electron chi connectivity index (χ4n) is 0.777. The summed E-state index contributed by atoms with van der Waals surface area (Å²) in [5.41, 5.74) is 0. The van der Waals surface area contributed by atoms with Crippen molar-refractivity contribution >= 4 is 17.5 Å². The highest BCUT2D eigenvalue weighted by molar-refractivity contribution is 6.29. The van der Waals surface area contributed by atoms with Gasteiger partial charge in [0.1, 0.15) is 0 Å². The predicted octanol–water partition coefficient (Wildman–Crippen LogP) is 1.04. The molecule has 13 heavy (non-hydrogen) atoms. The number of furan rings is 1. The Labute approximate surface area is 80.5 Å². The molecule has 0 aliphatic carbocycles. The van der Waals surface area contributed by atoms with Gasteiger partial charge in [0.25, 0.3) is 5.91 Å². The van der Waals surface area contributed by atoms with E-state index in [1.165, 1.54) is 12.1 Å². The average Bonchev–Trinajstić information content (AvgIpc) is 2.51. The van der Waals surface area contributed by atoms with E-state index >= 15 is 0 Å². The highest BCUT2D eigenvalue weighted by atomic mass is 35.5. The Kier molecular flexibility index (Phi) is 3.33. The lowest BCUT2D eigenvalue weighted by molar-refractivity contribution is 0.0894. The standard InChI is InChI=1S/C8H10ClNO3/c1-5(4-11)10-8(12)6-2-3-7(9)13-6/h2-3,5,11H,4H2,1H3,(H,10,12)/t5-/m0/s1. The zero-order chi connectivity index (χ0) is 9.84. The average molecular weight is 204 g/mol. The van der Waals surface area contributed by atoms with Crippen molar-refractivity contribution in [3.05, 3.63) is 23.1 Å². The lowest BCUT2D eigenvalue weighted by atomic mass is 10.3. The molecule has 1 aromatic heterocycles. The van der Waals surface area contributed by atoms with Crippen molar-refractivity contribution in [3.8, 4) is 0 Å². The maximum atomic E-state index is 11.3. The minimum absolute atomic E-state index is 0.111. The Bertz CT molecular complexity index is 297. The Balaban J connectivity index is 2.58. The van der Waals surface area contributed by atoms with Gasteiger partial charge in [-0.25, -0.2) is 0 Å². The van der Waals surface area contributed by atoms with E-state index in [2.05, 4.69) is 5.32 Å². The Morgan fingerprint density at radius 3 is 2.92 bits per heavy atom. The van der Waals surface area contributed by atoms with E-state index < -0.39 is 0 Å². The minimum Gasteiger partial charge on any atom is -0.440 e. The molecule has 1 rings (SSSR count). The quantitative estimate of drug-likeness (QED) is 0.772. The number of amides is 1. The van der Waals surface area contributed by atoms with Gasteiger partial charge in [0, 0.05) is 6.04 Å². The van der Waals surface area contributed by atoms with Gasteiger partial charge in [0.2, 0.25) is 0 Å². The smallest absolute Gasteiger partial charge is 0.287 e. The second kappa shape index (κ2) is 4.30. The van der Waals surface area contributed by atoms with Gasteiger partial charge in [-0.05, 0) is 30.7 Å². The van der Waals surface area contributed by atoms with Gasteiger partial charge in [0.15, 0.2) is 11.0 Å². The van der Waals surface area contributed by atoms with Gasteiger partial charge >= 0.3 is 0 Å². The van der Waals surface area contributed by atoms with Crippen LogP contribution in [0.1, 0.15) is 17.5 Å². The molecule has 0 aliphatic rings. The SMILES string of the molecule is C[C@@H](CO)NC(=O)c1ccc(Cl)o1. The van der Waals surface area contributed by atoms with Crippen LogP contribution < -0.4 is 5.32 Å². The molecule has 0 unspecified atom stereocenters. The molecule has 5 heteroatoms. The van der Waals surface area contributed by atoms with Crippen molar-refractivity contribution in [2.75, 3.05) is 6.61 Å². The van der Waals surface area contributed by atoms with Crippen LogP contribution >= 0.6 is 11.6 Å². The van der Waals surface area contributed by atoms with E-state index in [4.69, 9.17) is 21.1 Å². The normalized spacial score (nSPS) is 12.5. The van der Waals surface area contributed by atoms with E-state index in [-0.39, 0.29) is 29.5 Å². The van der Waals surface area contributed by atoms with Crippen LogP contribution in [0, 0.1) is 0 Å². The number of nitrogens with one attached hydrogen (secondary N) is 1. The maximum absolute atomic E-state index is 11.3. The lowest BCUT2D eigenvalue weighted by Gasteiger charge is -2.08. The summed E-state index contributed by atoms with van der Waals surface area (Å²) in [5, 5.41) is 11.4. The largest absolute Gasteiger partial charge is 0.440 e. The summed E-state index contributed by atoms with van der Waals surface area (Å²) in [5.74, 6) is -0.237. The van der Waals surface area contributed by atoms with Crippen molar-refractivity contribution in [1.82, 2.24) is 5.32 Å². The zero-order valence-corrected chi connectivity index (χ0v) is 7.84. The molecule has 0 aliphatic heterocycles. The number of hydrogen-bond donors (Lipinski definition) is 2. The lowest BCUT2D eigenvalue weighted by Crippen LogP contribution is -2.34. The molecule has 0 fully saturated rings. The first-order valence-electron chi connectivity index (χ1n) is 3.80. The third-order valence-electron chi connectivity index (χ3n) is 1.45. The van der Waals surface area contributed by atoms with Crippen molar-refractivity contribution in [2.45, 2.75) is 13.0 Å². The number of aliphatic hydroxyl groups is 1. The van der Waals surface area contributed by atoms with Gasteiger partial charge in [-0.1, -0.05) is 0 Å². The Hall–Kier alpha value is -1.00. The third kappa shape index (κ3) is 2.75. The first kappa shape index (κ1) is 10.1. The molecule has 72 valence electrons. The van der Waals surface area contributed by atoms with E-state index in [1.807, 2.05) is 0 Å². The number of halogens is 1. The van der Waals surface area contributed by atoms with Crippen LogP contribution in [0.15, 0.2) is 16.5 Å². The molecular weight excluding hydrogens is 194 g/mol. The first-order chi connectivity index (χ1) is 6.13. The molecule has 0 aromatic carbocycles. The van der Waals surface area contributed by atoms with Gasteiger partial charge in [-0.3, -0.25) is 4.79 Å². The van der Waals surface area contributed by atoms with Crippen molar-refractivity contribution < 1.29 is 14.3 Å². The van der Waals surface area contributed by atoms with E-state index in [9.17, 15) is 4.79 Å². The fraction of sp³-hybridized carbons (Fsp3) is 0.375. The number of aliphatic hydroxyl groups excluding tert-OH is 1. The maximum Gasteiger partial charge on any atom is 0.287 e. The van der Waals surface area contributed by atoms with Crippen LogP contribution in [-0.4, -0.2) is 23.7 Å². The van der Waals surface area contributed by atoms with Gasteiger partial charge in [0.05, 0.1) is 6.61 Å². The van der Waals surface area contributed by atoms with Crippen LogP contribution in [0.3, 0.4) is 0 Å². The summed E-state index contributed by atoms with van der Waals surface area (Å²) in [7, 11) is 0. The molecule has 1 atom stereocenters. The van der Waals surface area contributed by atoms with E-state index in [0.29, 0.717) is 0 Å². The zero-order valence-electron chi connectivity index (χ0n) is 7.08. The number of rotatable bonds is 3. The van der Waals surface area contributed by atoms with Crippen molar-refractivity contribution in [3.63, 3.8) is 0 Å². The monoisotopic (exact) mass is 203 g/mol. The topological polar surface area (TPSA) is 62.5 Å². The molecule has 2 N–H and O–H groups in total. The predicted molar refractivity (Wildman–Crippen MR) is 47.7 cm³/mol. The van der Waals surface area contributed by atoms with Crippen LogP contribution in [0.5, 0.6) is 0 Å². The summed E-state index contributed by atoms with van der Waals surface area (Å²) < 4.78 is 4.86. The molecular formula is C8H10ClNO3. The highest BCUT2D eigenvalue weighted by Gasteiger charge is 2.12. The fourth-order valence-corrected chi connectivity index (χ4v) is 0.923. The Morgan fingerprint density at radius 1 is 1.77 bits per heavy atom. The molecule has 0 spiro atoms. The molecule has 1 aromatic rings. The van der Waals surface area contributed by atoms with Crippen LogP contribution in [0.25, 0.3) is 0 Å². The Morgan fingerprint density at radius 2 is 2.46 bits per heavy atom. The third-order valence-corrected chi connectivity index (χ3v) is 1.65. The molecule has 4 nitrogen and oxygen atoms in total. The molecule has 0 radical (unpaired) electrons.